The number of nitrogens with one attached hydrogen (secondary N) is 1. The molecule has 1 saturated heterocycles. The molecule has 1 fully saturated rings. The van der Waals surface area contributed by atoms with E-state index in [9.17, 15) is 22.4 Å². The third-order valence-corrected chi connectivity index (χ3v) is 3.44. The number of halogens is 5. The molecule has 2 rings (SSSR count). The maximum absolute atomic E-state index is 13.6. The Balaban J connectivity index is 0.00000220. The van der Waals surface area contributed by atoms with Gasteiger partial charge in [-0.3, -0.25) is 4.79 Å². The lowest BCUT2D eigenvalue weighted by molar-refractivity contribution is 0.0685. The number of likely N-dealkylation sites (N-methyl/N-ethyl adjacent to an activating group) is 1. The van der Waals surface area contributed by atoms with Crippen LogP contribution < -0.4 is 5.32 Å². The van der Waals surface area contributed by atoms with E-state index in [2.05, 4.69) is 5.32 Å². The fourth-order valence-corrected chi connectivity index (χ4v) is 2.32. The van der Waals surface area contributed by atoms with Crippen LogP contribution in [0, 0.1) is 23.3 Å². The summed E-state index contributed by atoms with van der Waals surface area (Å²) in [5, 5.41) is 2.96. The molecule has 1 N–H and O–H groups in total. The van der Waals surface area contributed by atoms with Gasteiger partial charge in [0.2, 0.25) is 0 Å². The van der Waals surface area contributed by atoms with Gasteiger partial charge < -0.3 is 10.2 Å². The summed E-state index contributed by atoms with van der Waals surface area (Å²) in [6, 6.07) is 0.0888. The van der Waals surface area contributed by atoms with Gasteiger partial charge in [0.25, 0.3) is 5.91 Å². The minimum Gasteiger partial charge on any atom is -0.337 e. The average molecular weight is 327 g/mol. The number of benzene rings is 1. The minimum absolute atomic E-state index is 0. The highest BCUT2D eigenvalue weighted by molar-refractivity contribution is 5.95. The highest BCUT2D eigenvalue weighted by atomic mass is 35.5. The second-order valence-electron chi connectivity index (χ2n) is 4.72. The van der Waals surface area contributed by atoms with E-state index >= 15 is 0 Å². The Hall–Kier alpha value is -1.34. The number of rotatable bonds is 2. The third-order valence-electron chi connectivity index (χ3n) is 3.44. The maximum Gasteiger partial charge on any atom is 0.260 e. The summed E-state index contributed by atoms with van der Waals surface area (Å²) in [6.07, 6.45) is 1.47. The molecule has 1 unspecified atom stereocenters. The van der Waals surface area contributed by atoms with Crippen LogP contribution in [0.5, 0.6) is 0 Å². The number of hydrogen-bond acceptors (Lipinski definition) is 2. The van der Waals surface area contributed by atoms with Gasteiger partial charge in [0.1, 0.15) is 5.56 Å². The molecule has 1 aliphatic heterocycles. The Morgan fingerprint density at radius 2 is 1.81 bits per heavy atom. The van der Waals surface area contributed by atoms with Crippen molar-refractivity contribution in [3.8, 4) is 0 Å². The number of piperidine rings is 1. The van der Waals surface area contributed by atoms with Crippen molar-refractivity contribution in [3.05, 3.63) is 34.9 Å². The first-order chi connectivity index (χ1) is 9.45. The quantitative estimate of drug-likeness (QED) is 0.669. The molecule has 3 nitrogen and oxygen atoms in total. The molecule has 1 heterocycles. The molecule has 21 heavy (non-hydrogen) atoms. The predicted molar refractivity (Wildman–Crippen MR) is 71.5 cm³/mol. The van der Waals surface area contributed by atoms with Crippen molar-refractivity contribution in [1.82, 2.24) is 10.2 Å². The topological polar surface area (TPSA) is 32.3 Å². The van der Waals surface area contributed by atoms with Gasteiger partial charge >= 0.3 is 0 Å². The average Bonchev–Trinajstić information content (AvgIpc) is 2.45. The second-order valence-corrected chi connectivity index (χ2v) is 4.72. The lowest BCUT2D eigenvalue weighted by Gasteiger charge is -2.32. The van der Waals surface area contributed by atoms with Crippen LogP contribution in [0.1, 0.15) is 23.2 Å². The molecule has 1 atom stereocenters. The van der Waals surface area contributed by atoms with Crippen molar-refractivity contribution in [3.63, 3.8) is 0 Å². The lowest BCUT2D eigenvalue weighted by atomic mass is 10.0. The zero-order valence-corrected chi connectivity index (χ0v) is 12.1. The lowest BCUT2D eigenvalue weighted by Crippen LogP contribution is -2.47. The van der Waals surface area contributed by atoms with E-state index in [-0.39, 0.29) is 31.1 Å². The number of carbonyl (C=O) groups is 1. The van der Waals surface area contributed by atoms with Crippen molar-refractivity contribution >= 4 is 18.3 Å². The molecule has 0 aliphatic carbocycles. The predicted octanol–water partition coefficient (Wildman–Crippen LogP) is 2.49. The number of carbonyl (C=O) groups excluding carboxylic acids is 1. The molecule has 1 aliphatic rings. The van der Waals surface area contributed by atoms with E-state index in [4.69, 9.17) is 0 Å². The van der Waals surface area contributed by atoms with Crippen LogP contribution in [0.3, 0.4) is 0 Å². The van der Waals surface area contributed by atoms with Crippen molar-refractivity contribution in [1.29, 1.82) is 0 Å². The van der Waals surface area contributed by atoms with Gasteiger partial charge in [0.15, 0.2) is 23.3 Å². The van der Waals surface area contributed by atoms with Crippen molar-refractivity contribution < 1.29 is 22.4 Å². The van der Waals surface area contributed by atoms with Gasteiger partial charge in [-0.1, -0.05) is 0 Å². The summed E-state index contributed by atoms with van der Waals surface area (Å²) in [4.78, 5) is 13.3. The van der Waals surface area contributed by atoms with Crippen LogP contribution in [-0.2, 0) is 0 Å². The first-order valence-corrected chi connectivity index (χ1v) is 6.25. The molecule has 0 aromatic heterocycles. The number of amides is 1. The standard InChI is InChI=1S/C13H14F4N2O.ClH/c1-18-7-3-2-4-19(6-7)13(20)10-11(16)8(14)5-9(15)12(10)17;/h5,7,18H,2-4,6H2,1H3;1H. The monoisotopic (exact) mass is 326 g/mol. The highest BCUT2D eigenvalue weighted by Gasteiger charge is 2.30. The second kappa shape index (κ2) is 7.09. The van der Waals surface area contributed by atoms with Crippen LogP contribution in [-0.4, -0.2) is 37.0 Å². The van der Waals surface area contributed by atoms with Gasteiger partial charge in [-0.15, -0.1) is 12.4 Å². The van der Waals surface area contributed by atoms with E-state index in [0.29, 0.717) is 13.0 Å². The Morgan fingerprint density at radius 1 is 1.24 bits per heavy atom. The molecule has 1 aromatic rings. The first kappa shape index (κ1) is 17.7. The molecule has 0 radical (unpaired) electrons. The summed E-state index contributed by atoms with van der Waals surface area (Å²) >= 11 is 0. The molecule has 1 amide bonds. The zero-order chi connectivity index (χ0) is 14.9. The summed E-state index contributed by atoms with van der Waals surface area (Å²) in [7, 11) is 1.71. The molecule has 8 heteroatoms. The van der Waals surface area contributed by atoms with Crippen molar-refractivity contribution in [2.24, 2.45) is 0 Å². The van der Waals surface area contributed by atoms with Crippen LogP contribution in [0.4, 0.5) is 17.6 Å². The van der Waals surface area contributed by atoms with E-state index in [0.717, 1.165) is 6.42 Å². The molecule has 0 bridgehead atoms. The normalized spacial score (nSPS) is 18.3. The van der Waals surface area contributed by atoms with Crippen molar-refractivity contribution in [2.45, 2.75) is 18.9 Å². The van der Waals surface area contributed by atoms with Crippen LogP contribution in [0.25, 0.3) is 0 Å². The number of nitrogens with zero attached hydrogens (tertiary/aromatic N) is 1. The molecule has 1 aromatic carbocycles. The largest absolute Gasteiger partial charge is 0.337 e. The zero-order valence-electron chi connectivity index (χ0n) is 11.3. The molecular formula is C13H15ClF4N2O. The van der Waals surface area contributed by atoms with E-state index in [1.54, 1.807) is 7.05 Å². The minimum atomic E-state index is -1.65. The molecule has 118 valence electrons. The Morgan fingerprint density at radius 3 is 2.33 bits per heavy atom. The summed E-state index contributed by atoms with van der Waals surface area (Å²) in [5.41, 5.74) is -1.17. The number of likely N-dealkylation sites (tertiary alicyclic amines) is 1. The van der Waals surface area contributed by atoms with Gasteiger partial charge in [0, 0.05) is 25.2 Å². The number of hydrogen-bond donors (Lipinski definition) is 1. The van der Waals surface area contributed by atoms with E-state index < -0.39 is 34.7 Å². The van der Waals surface area contributed by atoms with Gasteiger partial charge in [-0.2, -0.15) is 0 Å². The fraction of sp³-hybridized carbons (Fsp3) is 0.462. The highest BCUT2D eigenvalue weighted by Crippen LogP contribution is 2.22. The van der Waals surface area contributed by atoms with E-state index in [1.165, 1.54) is 4.90 Å². The molecule has 0 saturated carbocycles. The maximum atomic E-state index is 13.6. The Kier molecular flexibility index (Phi) is 5.98. The van der Waals surface area contributed by atoms with Crippen LogP contribution >= 0.6 is 12.4 Å². The van der Waals surface area contributed by atoms with Gasteiger partial charge in [-0.25, -0.2) is 17.6 Å². The Labute approximate surface area is 125 Å². The molecular weight excluding hydrogens is 312 g/mol. The smallest absolute Gasteiger partial charge is 0.260 e. The van der Waals surface area contributed by atoms with Gasteiger partial charge in [-0.05, 0) is 19.9 Å². The van der Waals surface area contributed by atoms with Crippen LogP contribution in [0.15, 0.2) is 6.07 Å². The molecule has 0 spiro atoms. The summed E-state index contributed by atoms with van der Waals surface area (Å²) in [5.74, 6) is -7.48. The van der Waals surface area contributed by atoms with Crippen LogP contribution in [0.2, 0.25) is 0 Å². The Bertz CT molecular complexity index is 515. The first-order valence-electron chi connectivity index (χ1n) is 6.25. The summed E-state index contributed by atoms with van der Waals surface area (Å²) in [6.45, 7) is 0.542. The summed E-state index contributed by atoms with van der Waals surface area (Å²) < 4.78 is 53.4. The van der Waals surface area contributed by atoms with E-state index in [1.807, 2.05) is 0 Å². The SMILES string of the molecule is CNC1CCCN(C(=O)c2c(F)c(F)cc(F)c2F)C1.Cl. The fourth-order valence-electron chi connectivity index (χ4n) is 2.32. The van der Waals surface area contributed by atoms with Gasteiger partial charge in [0.05, 0.1) is 0 Å². The third kappa shape index (κ3) is 3.47. The van der Waals surface area contributed by atoms with Crippen molar-refractivity contribution in [2.75, 3.05) is 20.1 Å².